The third-order valence-corrected chi connectivity index (χ3v) is 2.56. The summed E-state index contributed by atoms with van der Waals surface area (Å²) in [5.41, 5.74) is 0. The zero-order valence-electron chi connectivity index (χ0n) is 6.36. The second-order valence-electron chi connectivity index (χ2n) is 2.97. The van der Waals surface area contributed by atoms with Gasteiger partial charge in [-0.2, -0.15) is 4.37 Å². The van der Waals surface area contributed by atoms with Crippen LogP contribution in [0.25, 0.3) is 0 Å². The molecule has 0 spiro atoms. The van der Waals surface area contributed by atoms with E-state index in [4.69, 9.17) is 5.11 Å². The maximum absolute atomic E-state index is 10.4. The highest BCUT2D eigenvalue weighted by Gasteiger charge is 2.24. The molecule has 1 aromatic rings. The predicted octanol–water partition coefficient (Wildman–Crippen LogP) is 1.19. The fourth-order valence-corrected chi connectivity index (χ4v) is 1.54. The van der Waals surface area contributed by atoms with Gasteiger partial charge in [0.15, 0.2) is 0 Å². The van der Waals surface area contributed by atoms with Crippen molar-refractivity contribution in [1.82, 2.24) is 9.36 Å². The van der Waals surface area contributed by atoms with E-state index in [0.29, 0.717) is 11.7 Å². The number of aromatic carboxylic acids is 1. The lowest BCUT2D eigenvalue weighted by Crippen LogP contribution is -1.96. The lowest BCUT2D eigenvalue weighted by molar-refractivity contribution is 0.0696. The van der Waals surface area contributed by atoms with Gasteiger partial charge < -0.3 is 5.11 Å². The van der Waals surface area contributed by atoms with E-state index in [2.05, 4.69) is 9.36 Å². The van der Waals surface area contributed by atoms with Gasteiger partial charge in [-0.15, -0.1) is 0 Å². The SMILES string of the molecule is O=C(O)c1nc(CC2CC2)ns1. The second kappa shape index (κ2) is 2.82. The zero-order valence-corrected chi connectivity index (χ0v) is 7.17. The summed E-state index contributed by atoms with van der Waals surface area (Å²) in [6.07, 6.45) is 3.33. The second-order valence-corrected chi connectivity index (χ2v) is 3.72. The van der Waals surface area contributed by atoms with E-state index in [0.717, 1.165) is 18.0 Å². The molecule has 1 N–H and O–H groups in total. The van der Waals surface area contributed by atoms with Gasteiger partial charge in [-0.1, -0.05) is 0 Å². The minimum absolute atomic E-state index is 0.102. The molecule has 0 unspecified atom stereocenters. The highest BCUT2D eigenvalue weighted by Crippen LogP contribution is 2.31. The Morgan fingerprint density at radius 1 is 1.67 bits per heavy atom. The molecule has 0 amide bonds. The number of nitrogens with zero attached hydrogens (tertiary/aromatic N) is 2. The van der Waals surface area contributed by atoms with Gasteiger partial charge in [-0.05, 0) is 30.3 Å². The van der Waals surface area contributed by atoms with Crippen molar-refractivity contribution in [3.8, 4) is 0 Å². The summed E-state index contributed by atoms with van der Waals surface area (Å²) < 4.78 is 3.97. The monoisotopic (exact) mass is 184 g/mol. The largest absolute Gasteiger partial charge is 0.476 e. The molecule has 0 aromatic carbocycles. The number of aromatic nitrogens is 2. The molecule has 1 aromatic heterocycles. The van der Waals surface area contributed by atoms with Crippen LogP contribution in [0.2, 0.25) is 0 Å². The van der Waals surface area contributed by atoms with E-state index in [9.17, 15) is 4.79 Å². The molecule has 4 nitrogen and oxygen atoms in total. The minimum Gasteiger partial charge on any atom is -0.476 e. The Bertz CT molecular complexity index is 306. The lowest BCUT2D eigenvalue weighted by atomic mass is 10.3. The van der Waals surface area contributed by atoms with Gasteiger partial charge in [0.2, 0.25) is 5.01 Å². The van der Waals surface area contributed by atoms with Crippen LogP contribution in [-0.4, -0.2) is 20.4 Å². The summed E-state index contributed by atoms with van der Waals surface area (Å²) in [5.74, 6) is 0.427. The summed E-state index contributed by atoms with van der Waals surface area (Å²) in [4.78, 5) is 14.3. The number of rotatable bonds is 3. The number of hydrogen-bond acceptors (Lipinski definition) is 4. The van der Waals surface area contributed by atoms with Gasteiger partial charge >= 0.3 is 5.97 Å². The first-order valence-corrected chi connectivity index (χ1v) is 4.59. The van der Waals surface area contributed by atoms with Crippen molar-refractivity contribution in [3.05, 3.63) is 10.8 Å². The Hall–Kier alpha value is -0.970. The molecule has 0 bridgehead atoms. The Labute approximate surface area is 73.4 Å². The minimum atomic E-state index is -0.977. The molecule has 12 heavy (non-hydrogen) atoms. The van der Waals surface area contributed by atoms with Crippen LogP contribution >= 0.6 is 11.5 Å². The molecule has 5 heteroatoms. The summed E-state index contributed by atoms with van der Waals surface area (Å²) in [7, 11) is 0. The van der Waals surface area contributed by atoms with Crippen LogP contribution < -0.4 is 0 Å². The molecule has 0 saturated heterocycles. The van der Waals surface area contributed by atoms with Crippen molar-refractivity contribution < 1.29 is 9.90 Å². The first kappa shape index (κ1) is 7.67. The highest BCUT2D eigenvalue weighted by molar-refractivity contribution is 7.07. The van der Waals surface area contributed by atoms with Gasteiger partial charge in [-0.25, -0.2) is 9.78 Å². The van der Waals surface area contributed by atoms with Gasteiger partial charge in [0.05, 0.1) is 0 Å². The van der Waals surface area contributed by atoms with E-state index in [1.807, 2.05) is 0 Å². The molecule has 0 aliphatic heterocycles. The third kappa shape index (κ3) is 1.61. The van der Waals surface area contributed by atoms with Gasteiger partial charge in [0.25, 0.3) is 0 Å². The van der Waals surface area contributed by atoms with Crippen molar-refractivity contribution in [2.75, 3.05) is 0 Å². The van der Waals surface area contributed by atoms with Gasteiger partial charge in [0, 0.05) is 6.42 Å². The maximum atomic E-state index is 10.4. The van der Waals surface area contributed by atoms with Crippen LogP contribution in [0.4, 0.5) is 0 Å². The third-order valence-electron chi connectivity index (χ3n) is 1.82. The Morgan fingerprint density at radius 3 is 2.92 bits per heavy atom. The molecule has 1 aliphatic rings. The Morgan fingerprint density at radius 2 is 2.42 bits per heavy atom. The van der Waals surface area contributed by atoms with E-state index in [1.165, 1.54) is 12.8 Å². The van der Waals surface area contributed by atoms with Crippen molar-refractivity contribution in [1.29, 1.82) is 0 Å². The smallest absolute Gasteiger partial charge is 0.366 e. The first-order valence-electron chi connectivity index (χ1n) is 3.81. The van der Waals surface area contributed by atoms with Crippen molar-refractivity contribution >= 4 is 17.5 Å². The maximum Gasteiger partial charge on any atom is 0.366 e. The molecule has 64 valence electrons. The fourth-order valence-electron chi connectivity index (χ4n) is 1.00. The topological polar surface area (TPSA) is 63.1 Å². The van der Waals surface area contributed by atoms with Crippen LogP contribution in [0.15, 0.2) is 0 Å². The number of carbonyl (C=O) groups is 1. The molecule has 1 aliphatic carbocycles. The van der Waals surface area contributed by atoms with E-state index < -0.39 is 5.97 Å². The standard InChI is InChI=1S/C7H8N2O2S/c10-7(11)6-8-5(9-12-6)3-4-1-2-4/h4H,1-3H2,(H,10,11). The van der Waals surface area contributed by atoms with E-state index in [1.54, 1.807) is 0 Å². The van der Waals surface area contributed by atoms with Crippen LogP contribution in [0, 0.1) is 5.92 Å². The average Bonchev–Trinajstić information content (AvgIpc) is 2.66. The lowest BCUT2D eigenvalue weighted by Gasteiger charge is -1.86. The van der Waals surface area contributed by atoms with Crippen LogP contribution in [0.1, 0.15) is 28.5 Å². The zero-order chi connectivity index (χ0) is 8.55. The predicted molar refractivity (Wildman–Crippen MR) is 43.3 cm³/mol. The van der Waals surface area contributed by atoms with E-state index >= 15 is 0 Å². The molecule has 0 atom stereocenters. The van der Waals surface area contributed by atoms with Crippen LogP contribution in [0.3, 0.4) is 0 Å². The van der Waals surface area contributed by atoms with Gasteiger partial charge in [-0.3, -0.25) is 0 Å². The Balaban J connectivity index is 2.06. The summed E-state index contributed by atoms with van der Waals surface area (Å²) >= 11 is 0.967. The van der Waals surface area contributed by atoms with Crippen molar-refractivity contribution in [2.45, 2.75) is 19.3 Å². The van der Waals surface area contributed by atoms with Crippen LogP contribution in [0.5, 0.6) is 0 Å². The molecular formula is C7H8N2O2S. The Kier molecular flexibility index (Phi) is 1.80. The number of carboxylic acids is 1. The fraction of sp³-hybridized carbons (Fsp3) is 0.571. The number of hydrogen-bond donors (Lipinski definition) is 1. The molecule has 0 radical (unpaired) electrons. The molecule has 1 heterocycles. The van der Waals surface area contributed by atoms with Crippen molar-refractivity contribution in [2.24, 2.45) is 5.92 Å². The van der Waals surface area contributed by atoms with Crippen molar-refractivity contribution in [3.63, 3.8) is 0 Å². The molecule has 1 saturated carbocycles. The number of carboxylic acid groups (broad SMARTS) is 1. The first-order chi connectivity index (χ1) is 5.75. The van der Waals surface area contributed by atoms with E-state index in [-0.39, 0.29) is 5.01 Å². The average molecular weight is 184 g/mol. The highest BCUT2D eigenvalue weighted by atomic mass is 32.1. The summed E-state index contributed by atoms with van der Waals surface area (Å²) in [6.45, 7) is 0. The molecule has 1 fully saturated rings. The summed E-state index contributed by atoms with van der Waals surface area (Å²) in [5, 5.41) is 8.66. The van der Waals surface area contributed by atoms with Crippen LogP contribution in [-0.2, 0) is 6.42 Å². The summed E-state index contributed by atoms with van der Waals surface area (Å²) in [6, 6.07) is 0. The normalized spacial score (nSPS) is 16.3. The quantitative estimate of drug-likeness (QED) is 0.766. The molecular weight excluding hydrogens is 176 g/mol. The molecule has 2 rings (SSSR count). The van der Waals surface area contributed by atoms with Gasteiger partial charge in [0.1, 0.15) is 5.82 Å².